The van der Waals surface area contributed by atoms with E-state index in [0.29, 0.717) is 19.5 Å². The molecule has 1 heterocycles. The van der Waals surface area contributed by atoms with Crippen molar-refractivity contribution >= 4 is 39.3 Å². The zero-order chi connectivity index (χ0) is 15.9. The van der Waals surface area contributed by atoms with E-state index in [1.54, 1.807) is 11.3 Å². The first kappa shape index (κ1) is 18.0. The minimum Gasteiger partial charge on any atom is -0.481 e. The van der Waals surface area contributed by atoms with Gasteiger partial charge in [-0.2, -0.15) is 0 Å². The highest BCUT2D eigenvalue weighted by atomic mass is 79.9. The van der Waals surface area contributed by atoms with E-state index in [-0.39, 0.29) is 17.9 Å². The van der Waals surface area contributed by atoms with Crippen molar-refractivity contribution in [2.75, 3.05) is 6.54 Å². The monoisotopic (exact) mass is 376 g/mol. The fourth-order valence-electron chi connectivity index (χ4n) is 1.76. The predicted molar refractivity (Wildman–Crippen MR) is 87.5 cm³/mol. The van der Waals surface area contributed by atoms with Gasteiger partial charge in [0.15, 0.2) is 0 Å². The van der Waals surface area contributed by atoms with Crippen LogP contribution in [0, 0.1) is 5.41 Å². The second kappa shape index (κ2) is 8.38. The number of hydrogen-bond donors (Lipinski definition) is 3. The fourth-order valence-corrected chi connectivity index (χ4v) is 3.19. The maximum Gasteiger partial charge on any atom is 0.315 e. The molecule has 0 spiro atoms. The van der Waals surface area contributed by atoms with Crippen LogP contribution in [0.3, 0.4) is 0 Å². The zero-order valence-electron chi connectivity index (χ0n) is 12.2. The Bertz CT molecular complexity index is 488. The summed E-state index contributed by atoms with van der Waals surface area (Å²) in [6, 6.07) is 1.74. The molecule has 1 rings (SSSR count). The lowest BCUT2D eigenvalue weighted by Gasteiger charge is -2.23. The molecule has 0 bridgehead atoms. The van der Waals surface area contributed by atoms with E-state index in [0.717, 1.165) is 15.8 Å². The van der Waals surface area contributed by atoms with Gasteiger partial charge in [-0.1, -0.05) is 13.8 Å². The van der Waals surface area contributed by atoms with Crippen LogP contribution >= 0.6 is 27.3 Å². The summed E-state index contributed by atoms with van der Waals surface area (Å²) in [5, 5.41) is 16.3. The molecule has 0 aromatic carbocycles. The summed E-state index contributed by atoms with van der Waals surface area (Å²) in [7, 11) is 0. The van der Waals surface area contributed by atoms with Crippen LogP contribution in [-0.4, -0.2) is 23.7 Å². The molecule has 0 radical (unpaired) electrons. The Kier molecular flexibility index (Phi) is 7.17. The van der Waals surface area contributed by atoms with Crippen molar-refractivity contribution in [3.05, 3.63) is 20.8 Å². The molecule has 1 aromatic heterocycles. The van der Waals surface area contributed by atoms with Crippen molar-refractivity contribution in [3.63, 3.8) is 0 Å². The lowest BCUT2D eigenvalue weighted by Crippen LogP contribution is -2.36. The smallest absolute Gasteiger partial charge is 0.315 e. The zero-order valence-corrected chi connectivity index (χ0v) is 14.6. The van der Waals surface area contributed by atoms with Crippen LogP contribution in [0.1, 0.15) is 38.0 Å². The summed E-state index contributed by atoms with van der Waals surface area (Å²) in [5.74, 6) is -0.782. The van der Waals surface area contributed by atoms with Gasteiger partial charge in [0.2, 0.25) is 0 Å². The Labute approximate surface area is 137 Å². The van der Waals surface area contributed by atoms with Gasteiger partial charge in [0.1, 0.15) is 0 Å². The van der Waals surface area contributed by atoms with Gasteiger partial charge >= 0.3 is 12.0 Å². The highest BCUT2D eigenvalue weighted by Crippen LogP contribution is 2.26. The first-order valence-electron chi connectivity index (χ1n) is 6.75. The van der Waals surface area contributed by atoms with Gasteiger partial charge in [-0.3, -0.25) is 4.79 Å². The lowest BCUT2D eigenvalue weighted by molar-refractivity contribution is -0.137. The molecule has 5 nitrogen and oxygen atoms in total. The van der Waals surface area contributed by atoms with Gasteiger partial charge in [0.05, 0.1) is 6.54 Å². The SMILES string of the molecule is CC(C)(CCNC(=O)NCc1sccc1Br)CCC(=O)O. The molecule has 1 aromatic rings. The summed E-state index contributed by atoms with van der Waals surface area (Å²) in [4.78, 5) is 23.3. The van der Waals surface area contributed by atoms with Crippen molar-refractivity contribution in [2.45, 2.75) is 39.7 Å². The van der Waals surface area contributed by atoms with Gasteiger partial charge in [-0.25, -0.2) is 4.79 Å². The van der Waals surface area contributed by atoms with Crippen LogP contribution in [0.2, 0.25) is 0 Å². The van der Waals surface area contributed by atoms with Crippen molar-refractivity contribution in [2.24, 2.45) is 5.41 Å². The molecule has 0 saturated carbocycles. The molecule has 2 amide bonds. The lowest BCUT2D eigenvalue weighted by atomic mass is 9.84. The van der Waals surface area contributed by atoms with E-state index in [1.165, 1.54) is 0 Å². The standard InChI is InChI=1S/C14H21BrN2O3S/c1-14(2,5-3-12(18)19)6-7-16-13(20)17-9-11-10(15)4-8-21-11/h4,8H,3,5-7,9H2,1-2H3,(H,18,19)(H2,16,17,20). The van der Waals surface area contributed by atoms with Crippen LogP contribution in [0.5, 0.6) is 0 Å². The molecule has 0 atom stereocenters. The minimum absolute atomic E-state index is 0.0948. The third-order valence-electron chi connectivity index (χ3n) is 3.20. The van der Waals surface area contributed by atoms with E-state index in [9.17, 15) is 9.59 Å². The van der Waals surface area contributed by atoms with Crippen LogP contribution in [0.4, 0.5) is 4.79 Å². The van der Waals surface area contributed by atoms with Crippen LogP contribution in [-0.2, 0) is 11.3 Å². The van der Waals surface area contributed by atoms with Crippen LogP contribution in [0.15, 0.2) is 15.9 Å². The quantitative estimate of drug-likeness (QED) is 0.648. The Balaban J connectivity index is 2.21. The van der Waals surface area contributed by atoms with Gasteiger partial charge in [-0.05, 0) is 45.6 Å². The number of rotatable bonds is 8. The number of aliphatic carboxylic acids is 1. The Hall–Kier alpha value is -1.08. The van der Waals surface area contributed by atoms with Gasteiger partial charge in [0.25, 0.3) is 0 Å². The number of thiophene rings is 1. The second-order valence-electron chi connectivity index (χ2n) is 5.61. The summed E-state index contributed by atoms with van der Waals surface area (Å²) in [6.45, 7) is 5.05. The summed E-state index contributed by atoms with van der Waals surface area (Å²) < 4.78 is 1.00. The van der Waals surface area contributed by atoms with Crippen molar-refractivity contribution < 1.29 is 14.7 Å². The molecule has 0 aliphatic heterocycles. The molecule has 0 fully saturated rings. The second-order valence-corrected chi connectivity index (χ2v) is 7.46. The molecular weight excluding hydrogens is 356 g/mol. The molecular formula is C14H21BrN2O3S. The van der Waals surface area contributed by atoms with Gasteiger partial charge in [-0.15, -0.1) is 11.3 Å². The highest BCUT2D eigenvalue weighted by molar-refractivity contribution is 9.10. The predicted octanol–water partition coefficient (Wildman–Crippen LogP) is 3.59. The van der Waals surface area contributed by atoms with E-state index >= 15 is 0 Å². The van der Waals surface area contributed by atoms with Crippen molar-refractivity contribution in [1.82, 2.24) is 10.6 Å². The number of halogens is 1. The van der Waals surface area contributed by atoms with Crippen LogP contribution in [0.25, 0.3) is 0 Å². The number of carbonyl (C=O) groups excluding carboxylic acids is 1. The maximum absolute atomic E-state index is 11.7. The molecule has 7 heteroatoms. The Morgan fingerprint density at radius 1 is 1.33 bits per heavy atom. The largest absolute Gasteiger partial charge is 0.481 e. The third kappa shape index (κ3) is 7.47. The number of carboxylic acids is 1. The Morgan fingerprint density at radius 3 is 2.62 bits per heavy atom. The third-order valence-corrected chi connectivity index (χ3v) is 5.13. The Morgan fingerprint density at radius 2 is 2.05 bits per heavy atom. The number of urea groups is 1. The number of hydrogen-bond acceptors (Lipinski definition) is 3. The average Bonchev–Trinajstić information content (AvgIpc) is 2.79. The summed E-state index contributed by atoms with van der Waals surface area (Å²) in [5.41, 5.74) is -0.0948. The first-order chi connectivity index (χ1) is 9.80. The molecule has 0 aliphatic rings. The van der Waals surface area contributed by atoms with E-state index in [4.69, 9.17) is 5.11 Å². The molecule has 21 heavy (non-hydrogen) atoms. The van der Waals surface area contributed by atoms with E-state index in [2.05, 4.69) is 26.6 Å². The van der Waals surface area contributed by atoms with E-state index < -0.39 is 5.97 Å². The van der Waals surface area contributed by atoms with Gasteiger partial charge < -0.3 is 15.7 Å². The summed E-state index contributed by atoms with van der Waals surface area (Å²) >= 11 is 5.00. The fraction of sp³-hybridized carbons (Fsp3) is 0.571. The number of nitrogens with one attached hydrogen (secondary N) is 2. The summed E-state index contributed by atoms with van der Waals surface area (Å²) in [6.07, 6.45) is 1.51. The molecule has 0 aliphatic carbocycles. The molecule has 118 valence electrons. The number of carbonyl (C=O) groups is 2. The molecule has 0 unspecified atom stereocenters. The molecule has 3 N–H and O–H groups in total. The van der Waals surface area contributed by atoms with Gasteiger partial charge in [0, 0.05) is 22.3 Å². The number of amides is 2. The van der Waals surface area contributed by atoms with E-state index in [1.807, 2.05) is 25.3 Å². The van der Waals surface area contributed by atoms with Crippen LogP contribution < -0.4 is 10.6 Å². The normalized spacial score (nSPS) is 11.2. The topological polar surface area (TPSA) is 78.4 Å². The highest BCUT2D eigenvalue weighted by Gasteiger charge is 2.19. The number of carboxylic acid groups (broad SMARTS) is 1. The molecule has 0 saturated heterocycles. The minimum atomic E-state index is -0.782. The maximum atomic E-state index is 11.7. The first-order valence-corrected chi connectivity index (χ1v) is 8.43. The van der Waals surface area contributed by atoms with Crippen molar-refractivity contribution in [3.8, 4) is 0 Å². The average molecular weight is 377 g/mol. The van der Waals surface area contributed by atoms with Crippen molar-refractivity contribution in [1.29, 1.82) is 0 Å².